The molecule has 0 aromatic heterocycles. The van der Waals surface area contributed by atoms with Crippen LogP contribution >= 0.6 is 45.2 Å². The van der Waals surface area contributed by atoms with Crippen molar-refractivity contribution in [3.05, 3.63) is 48.1 Å². The first-order chi connectivity index (χ1) is 10.6. The first-order valence-electron chi connectivity index (χ1n) is 7.42. The molecule has 0 radical (unpaired) electrons. The van der Waals surface area contributed by atoms with Gasteiger partial charge in [0.05, 0.1) is 13.8 Å². The van der Waals surface area contributed by atoms with Crippen molar-refractivity contribution in [1.29, 1.82) is 0 Å². The highest BCUT2D eigenvalue weighted by Crippen LogP contribution is 2.45. The van der Waals surface area contributed by atoms with Gasteiger partial charge in [-0.25, -0.2) is 0 Å². The number of hydrogen-bond donors (Lipinski definition) is 0. The lowest BCUT2D eigenvalue weighted by Gasteiger charge is -2.14. The van der Waals surface area contributed by atoms with Crippen LogP contribution in [0.25, 0.3) is 11.6 Å². The Kier molecular flexibility index (Phi) is 5.07. The Morgan fingerprint density at radius 1 is 1.14 bits per heavy atom. The molecule has 0 saturated carbocycles. The summed E-state index contributed by atoms with van der Waals surface area (Å²) in [5.74, 6) is 1.01. The van der Waals surface area contributed by atoms with Gasteiger partial charge in [0.25, 0.3) is 0 Å². The lowest BCUT2D eigenvalue weighted by molar-refractivity contribution is -0.110. The van der Waals surface area contributed by atoms with E-state index in [1.807, 2.05) is 12.1 Å². The van der Waals surface area contributed by atoms with Crippen LogP contribution in [0.4, 0.5) is 0 Å². The molecule has 0 saturated heterocycles. The van der Waals surface area contributed by atoms with E-state index in [-0.39, 0.29) is 5.78 Å². The van der Waals surface area contributed by atoms with Gasteiger partial charge in [-0.3, -0.25) is 4.79 Å². The van der Waals surface area contributed by atoms with Crippen LogP contribution in [0.15, 0.2) is 37.0 Å². The number of rotatable bonds is 5. The number of halogens is 2. The van der Waals surface area contributed by atoms with Crippen LogP contribution in [0.2, 0.25) is 0 Å². The number of benzene rings is 1. The van der Waals surface area contributed by atoms with Crippen molar-refractivity contribution < 1.29 is 9.53 Å². The summed E-state index contributed by atoms with van der Waals surface area (Å²) in [4.78, 5) is 12.2. The Bertz CT molecular complexity index is 727. The number of allylic oxidation sites excluding steroid dienone is 5. The highest BCUT2D eigenvalue weighted by molar-refractivity contribution is 14.1. The fourth-order valence-electron chi connectivity index (χ4n) is 2.68. The zero-order valence-corrected chi connectivity index (χ0v) is 16.6. The van der Waals surface area contributed by atoms with E-state index in [1.165, 1.54) is 12.8 Å². The second-order valence-electron chi connectivity index (χ2n) is 5.41. The average Bonchev–Trinajstić information content (AvgIpc) is 2.86. The van der Waals surface area contributed by atoms with E-state index in [4.69, 9.17) is 4.74 Å². The molecule has 0 atom stereocenters. The molecule has 2 nitrogen and oxygen atoms in total. The molecule has 0 spiro atoms. The molecule has 0 bridgehead atoms. The van der Waals surface area contributed by atoms with E-state index in [1.54, 1.807) is 0 Å². The molecule has 114 valence electrons. The maximum Gasteiger partial charge on any atom is 0.205 e. The minimum Gasteiger partial charge on any atom is -0.494 e. The quantitative estimate of drug-likeness (QED) is 0.370. The second-order valence-corrected chi connectivity index (χ2v) is 7.66. The summed E-state index contributed by atoms with van der Waals surface area (Å²) in [6.45, 7) is 2.94. The fourth-order valence-corrected chi connectivity index (χ4v) is 4.70. The van der Waals surface area contributed by atoms with Gasteiger partial charge in [0, 0.05) is 5.57 Å². The summed E-state index contributed by atoms with van der Waals surface area (Å²) in [7, 11) is 0. The Morgan fingerprint density at radius 2 is 1.95 bits per heavy atom. The first-order valence-corrected chi connectivity index (χ1v) is 9.58. The SMILES string of the molecule is CCCCCOc1ccc2c(c1)C1=C(I)C(=O)C(I)=CC1=C2. The molecule has 2 aliphatic carbocycles. The summed E-state index contributed by atoms with van der Waals surface area (Å²) in [6, 6.07) is 6.17. The Hall–Kier alpha value is -0.630. The topological polar surface area (TPSA) is 26.3 Å². The molecule has 2 aliphatic rings. The summed E-state index contributed by atoms with van der Waals surface area (Å²) in [6.07, 6.45) is 7.59. The molecule has 3 rings (SSSR count). The Morgan fingerprint density at radius 3 is 2.73 bits per heavy atom. The minimum atomic E-state index is 0.121. The van der Waals surface area contributed by atoms with Crippen molar-refractivity contribution in [3.63, 3.8) is 0 Å². The third kappa shape index (κ3) is 3.04. The van der Waals surface area contributed by atoms with E-state index in [9.17, 15) is 4.79 Å². The molecule has 0 aliphatic heterocycles. The molecule has 0 heterocycles. The molecular weight excluding hydrogens is 502 g/mol. The Labute approximate surface area is 158 Å². The van der Waals surface area contributed by atoms with Gasteiger partial charge < -0.3 is 4.74 Å². The van der Waals surface area contributed by atoms with Gasteiger partial charge in [-0.2, -0.15) is 0 Å². The molecule has 22 heavy (non-hydrogen) atoms. The van der Waals surface area contributed by atoms with Gasteiger partial charge in [0.1, 0.15) is 5.75 Å². The normalized spacial score (nSPS) is 16.2. The number of ketones is 1. The van der Waals surface area contributed by atoms with E-state index in [0.29, 0.717) is 0 Å². The van der Waals surface area contributed by atoms with Crippen LogP contribution in [-0.2, 0) is 4.79 Å². The molecule has 0 fully saturated rings. The third-order valence-electron chi connectivity index (χ3n) is 3.83. The van der Waals surface area contributed by atoms with E-state index < -0.39 is 0 Å². The highest BCUT2D eigenvalue weighted by Gasteiger charge is 2.29. The summed E-state index contributed by atoms with van der Waals surface area (Å²) >= 11 is 4.28. The number of Topliss-reactive ketones (excluding diaryl/α,β-unsaturated/α-hetero) is 1. The van der Waals surface area contributed by atoms with Gasteiger partial charge in [0.2, 0.25) is 5.78 Å². The van der Waals surface area contributed by atoms with Gasteiger partial charge in [-0.1, -0.05) is 25.8 Å². The highest BCUT2D eigenvalue weighted by atomic mass is 127. The number of fused-ring (bicyclic) bond motifs is 3. The number of carbonyl (C=O) groups excluding carboxylic acids is 1. The molecule has 0 amide bonds. The standard InChI is InChI=1S/C18H16I2O2/c1-2-3-4-7-22-13-6-5-11-8-12-9-15(19)18(21)17(20)16(12)14(11)10-13/h5-6,8-10H,2-4,7H2,1H3. The first kappa shape index (κ1) is 16.2. The predicted octanol–water partition coefficient (Wildman–Crippen LogP) is 5.70. The van der Waals surface area contributed by atoms with E-state index >= 15 is 0 Å². The Balaban J connectivity index is 1.88. The molecular formula is C18H16I2O2. The summed E-state index contributed by atoms with van der Waals surface area (Å²) in [5.41, 5.74) is 4.46. The van der Waals surface area contributed by atoms with E-state index in [2.05, 4.69) is 70.3 Å². The van der Waals surface area contributed by atoms with Crippen molar-refractivity contribution in [2.45, 2.75) is 26.2 Å². The number of ether oxygens (including phenoxy) is 1. The van der Waals surface area contributed by atoms with Crippen molar-refractivity contribution >= 4 is 62.6 Å². The molecule has 1 aromatic carbocycles. The van der Waals surface area contributed by atoms with Crippen LogP contribution in [0.3, 0.4) is 0 Å². The lowest BCUT2D eigenvalue weighted by atomic mass is 9.97. The monoisotopic (exact) mass is 518 g/mol. The molecule has 0 unspecified atom stereocenters. The van der Waals surface area contributed by atoms with Crippen molar-refractivity contribution in [2.75, 3.05) is 6.61 Å². The third-order valence-corrected chi connectivity index (χ3v) is 5.66. The van der Waals surface area contributed by atoms with Crippen molar-refractivity contribution in [3.8, 4) is 5.75 Å². The van der Waals surface area contributed by atoms with Crippen LogP contribution in [-0.4, -0.2) is 12.4 Å². The van der Waals surface area contributed by atoms with Crippen LogP contribution < -0.4 is 4.74 Å². The van der Waals surface area contributed by atoms with Crippen LogP contribution in [0.1, 0.15) is 37.3 Å². The van der Waals surface area contributed by atoms with Gasteiger partial charge in [0.15, 0.2) is 0 Å². The molecule has 4 heteroatoms. The van der Waals surface area contributed by atoms with Crippen molar-refractivity contribution in [1.82, 2.24) is 0 Å². The zero-order valence-electron chi connectivity index (χ0n) is 12.3. The maximum absolute atomic E-state index is 12.2. The number of carbonyl (C=O) groups is 1. The smallest absolute Gasteiger partial charge is 0.205 e. The molecule has 1 aromatic rings. The zero-order chi connectivity index (χ0) is 15.7. The molecule has 0 N–H and O–H groups in total. The minimum absolute atomic E-state index is 0.121. The average molecular weight is 518 g/mol. The maximum atomic E-state index is 12.2. The van der Waals surface area contributed by atoms with Gasteiger partial charge in [-0.15, -0.1) is 0 Å². The van der Waals surface area contributed by atoms with Crippen molar-refractivity contribution in [2.24, 2.45) is 0 Å². The summed E-state index contributed by atoms with van der Waals surface area (Å²) in [5, 5.41) is 0. The predicted molar refractivity (Wildman–Crippen MR) is 107 cm³/mol. The summed E-state index contributed by atoms with van der Waals surface area (Å²) < 4.78 is 7.43. The number of unbranched alkanes of at least 4 members (excludes halogenated alkanes) is 2. The number of hydrogen-bond acceptors (Lipinski definition) is 2. The van der Waals surface area contributed by atoms with Gasteiger partial charge in [-0.05, 0) is 92.6 Å². The van der Waals surface area contributed by atoms with E-state index in [0.717, 1.165) is 48.2 Å². The second kappa shape index (κ2) is 6.86. The van der Waals surface area contributed by atoms with Crippen LogP contribution in [0, 0.1) is 0 Å². The fraction of sp³-hybridized carbons (Fsp3) is 0.278. The lowest BCUT2D eigenvalue weighted by Crippen LogP contribution is -2.05. The van der Waals surface area contributed by atoms with Crippen LogP contribution in [0.5, 0.6) is 5.75 Å². The van der Waals surface area contributed by atoms with Gasteiger partial charge >= 0.3 is 0 Å². The largest absolute Gasteiger partial charge is 0.494 e.